The first kappa shape index (κ1) is 23.5. The molecule has 0 aliphatic heterocycles. The van der Waals surface area contributed by atoms with Crippen molar-refractivity contribution in [2.45, 2.75) is 33.7 Å². The first-order chi connectivity index (χ1) is 15.4. The van der Waals surface area contributed by atoms with Crippen LogP contribution in [0.5, 0.6) is 0 Å². The van der Waals surface area contributed by atoms with E-state index < -0.39 is 5.92 Å². The van der Waals surface area contributed by atoms with Crippen LogP contribution in [-0.4, -0.2) is 34.8 Å². The number of carbonyl (C=O) groups is 2. The minimum absolute atomic E-state index is 0.182. The van der Waals surface area contributed by atoms with Gasteiger partial charge in [-0.1, -0.05) is 60.1 Å². The summed E-state index contributed by atoms with van der Waals surface area (Å²) in [5.74, 6) is -1.05. The topological polar surface area (TPSA) is 73.2 Å². The quantitative estimate of drug-likeness (QED) is 0.489. The van der Waals surface area contributed by atoms with Crippen molar-refractivity contribution in [2.75, 3.05) is 13.2 Å². The van der Waals surface area contributed by atoms with Crippen LogP contribution in [0.25, 0.3) is 0 Å². The highest BCUT2D eigenvalue weighted by atomic mass is 35.5. The van der Waals surface area contributed by atoms with Gasteiger partial charge in [0.25, 0.3) is 5.91 Å². The lowest BCUT2D eigenvalue weighted by Crippen LogP contribution is -2.35. The fourth-order valence-corrected chi connectivity index (χ4v) is 3.86. The van der Waals surface area contributed by atoms with Crippen molar-refractivity contribution >= 4 is 23.5 Å². The summed E-state index contributed by atoms with van der Waals surface area (Å²) in [4.78, 5) is 25.5. The van der Waals surface area contributed by atoms with Crippen LogP contribution >= 0.6 is 11.6 Å². The zero-order chi connectivity index (χ0) is 23.1. The Morgan fingerprint density at radius 3 is 2.47 bits per heavy atom. The molecular formula is C25H28ClN3O3. The smallest absolute Gasteiger partial charge is 0.311 e. The maximum Gasteiger partial charge on any atom is 0.311 e. The van der Waals surface area contributed by atoms with Gasteiger partial charge in [0.1, 0.15) is 0 Å². The molecule has 0 aliphatic carbocycles. The average Bonchev–Trinajstić information content (AvgIpc) is 3.06. The molecule has 1 atom stereocenters. The van der Waals surface area contributed by atoms with Gasteiger partial charge in [0.05, 0.1) is 30.3 Å². The van der Waals surface area contributed by atoms with Gasteiger partial charge in [0, 0.05) is 17.3 Å². The van der Waals surface area contributed by atoms with E-state index in [0.717, 1.165) is 16.8 Å². The minimum atomic E-state index is -0.472. The van der Waals surface area contributed by atoms with E-state index in [9.17, 15) is 9.59 Å². The van der Waals surface area contributed by atoms with E-state index >= 15 is 0 Å². The number of hydrogen-bond donors (Lipinski definition) is 1. The molecule has 1 heterocycles. The molecule has 0 fully saturated rings. The molecule has 0 aliphatic rings. The number of carbonyl (C=O) groups excluding carboxylic acids is 2. The number of nitrogens with one attached hydrogen (secondary N) is 1. The largest absolute Gasteiger partial charge is 0.466 e. The molecule has 2 aromatic carbocycles. The van der Waals surface area contributed by atoms with Crippen LogP contribution in [0.3, 0.4) is 0 Å². The second-order valence-corrected chi connectivity index (χ2v) is 8.05. The number of nitrogens with zero attached hydrogens (tertiary/aromatic N) is 2. The fraction of sp³-hybridized carbons (Fsp3) is 0.320. The third-order valence-electron chi connectivity index (χ3n) is 5.34. The van der Waals surface area contributed by atoms with Crippen molar-refractivity contribution in [2.24, 2.45) is 5.92 Å². The van der Waals surface area contributed by atoms with Crippen LogP contribution < -0.4 is 5.32 Å². The van der Waals surface area contributed by atoms with E-state index in [1.54, 1.807) is 18.5 Å². The van der Waals surface area contributed by atoms with Crippen molar-refractivity contribution in [3.8, 4) is 0 Å². The molecule has 3 rings (SSSR count). The van der Waals surface area contributed by atoms with E-state index in [-0.39, 0.29) is 18.4 Å². The molecule has 0 bridgehead atoms. The SMILES string of the molecule is CCOC(=O)C(CNC(=O)c1c(C)nn(Cc2ccccc2Cl)c1C)Cc1ccccc1. The van der Waals surface area contributed by atoms with Gasteiger partial charge in [-0.25, -0.2) is 0 Å². The van der Waals surface area contributed by atoms with Gasteiger partial charge < -0.3 is 10.1 Å². The first-order valence-electron chi connectivity index (χ1n) is 10.7. The number of esters is 1. The van der Waals surface area contributed by atoms with Crippen molar-refractivity contribution in [1.82, 2.24) is 15.1 Å². The fourth-order valence-electron chi connectivity index (χ4n) is 3.67. The Labute approximate surface area is 193 Å². The molecule has 1 N–H and O–H groups in total. The second kappa shape index (κ2) is 11.0. The van der Waals surface area contributed by atoms with E-state index in [2.05, 4.69) is 10.4 Å². The van der Waals surface area contributed by atoms with Crippen LogP contribution in [0, 0.1) is 19.8 Å². The summed E-state index contributed by atoms with van der Waals surface area (Å²) in [5.41, 5.74) is 3.83. The molecule has 7 heteroatoms. The number of aromatic nitrogens is 2. The maximum absolute atomic E-state index is 13.0. The lowest BCUT2D eigenvalue weighted by molar-refractivity contribution is -0.147. The summed E-state index contributed by atoms with van der Waals surface area (Å²) < 4.78 is 7.00. The van der Waals surface area contributed by atoms with Crippen LogP contribution in [-0.2, 0) is 22.5 Å². The van der Waals surface area contributed by atoms with E-state index in [4.69, 9.17) is 16.3 Å². The van der Waals surface area contributed by atoms with Gasteiger partial charge in [-0.3, -0.25) is 14.3 Å². The van der Waals surface area contributed by atoms with Gasteiger partial charge in [-0.05, 0) is 44.4 Å². The van der Waals surface area contributed by atoms with Crippen LogP contribution in [0.2, 0.25) is 5.02 Å². The molecule has 32 heavy (non-hydrogen) atoms. The summed E-state index contributed by atoms with van der Waals surface area (Å²) in [7, 11) is 0. The highest BCUT2D eigenvalue weighted by Gasteiger charge is 2.24. The monoisotopic (exact) mass is 453 g/mol. The summed E-state index contributed by atoms with van der Waals surface area (Å²) in [5, 5.41) is 8.10. The van der Waals surface area contributed by atoms with Gasteiger partial charge in [-0.2, -0.15) is 5.10 Å². The number of hydrogen-bond acceptors (Lipinski definition) is 4. The molecule has 6 nitrogen and oxygen atoms in total. The number of benzene rings is 2. The number of rotatable bonds is 9. The molecule has 3 aromatic rings. The summed E-state index contributed by atoms with van der Waals surface area (Å²) in [6.07, 6.45) is 0.490. The Kier molecular flexibility index (Phi) is 8.06. The highest BCUT2D eigenvalue weighted by Crippen LogP contribution is 2.20. The van der Waals surface area contributed by atoms with Crippen LogP contribution in [0.15, 0.2) is 54.6 Å². The van der Waals surface area contributed by atoms with Crippen molar-refractivity contribution in [1.29, 1.82) is 0 Å². The van der Waals surface area contributed by atoms with E-state index in [0.29, 0.717) is 35.9 Å². The summed E-state index contributed by atoms with van der Waals surface area (Å²) >= 11 is 6.28. The molecule has 1 aromatic heterocycles. The first-order valence-corrected chi connectivity index (χ1v) is 11.0. The summed E-state index contributed by atoms with van der Waals surface area (Å²) in [6.45, 7) is 6.39. The van der Waals surface area contributed by atoms with Crippen LogP contribution in [0.1, 0.15) is 39.8 Å². The Morgan fingerprint density at radius 2 is 1.78 bits per heavy atom. The Hall–Kier alpha value is -3.12. The molecule has 0 spiro atoms. The lowest BCUT2D eigenvalue weighted by Gasteiger charge is -2.16. The van der Waals surface area contributed by atoms with Gasteiger partial charge >= 0.3 is 5.97 Å². The number of amides is 1. The second-order valence-electron chi connectivity index (χ2n) is 7.64. The van der Waals surface area contributed by atoms with Crippen molar-refractivity contribution in [3.63, 3.8) is 0 Å². The third kappa shape index (κ3) is 5.77. The zero-order valence-electron chi connectivity index (χ0n) is 18.6. The predicted molar refractivity (Wildman–Crippen MR) is 125 cm³/mol. The van der Waals surface area contributed by atoms with Gasteiger partial charge in [0.2, 0.25) is 0 Å². The third-order valence-corrected chi connectivity index (χ3v) is 5.71. The molecule has 0 radical (unpaired) electrons. The minimum Gasteiger partial charge on any atom is -0.466 e. The molecule has 0 saturated heterocycles. The van der Waals surface area contributed by atoms with Gasteiger partial charge in [-0.15, -0.1) is 0 Å². The lowest BCUT2D eigenvalue weighted by atomic mass is 9.99. The van der Waals surface area contributed by atoms with Crippen LogP contribution in [0.4, 0.5) is 0 Å². The van der Waals surface area contributed by atoms with Crippen molar-refractivity contribution in [3.05, 3.63) is 87.7 Å². The predicted octanol–water partition coefficient (Wildman–Crippen LogP) is 4.35. The number of halogens is 1. The molecule has 1 amide bonds. The normalized spacial score (nSPS) is 11.8. The number of aryl methyl sites for hydroxylation is 1. The Morgan fingerprint density at radius 1 is 1.09 bits per heavy atom. The standard InChI is InChI=1S/C25H28ClN3O3/c1-4-32-25(31)21(14-19-10-6-5-7-11-19)15-27-24(30)23-17(2)28-29(18(23)3)16-20-12-8-9-13-22(20)26/h5-13,21H,4,14-16H2,1-3H3,(H,27,30). The Balaban J connectivity index is 1.73. The molecular weight excluding hydrogens is 426 g/mol. The van der Waals surface area contributed by atoms with Gasteiger partial charge in [0.15, 0.2) is 0 Å². The van der Waals surface area contributed by atoms with Crippen molar-refractivity contribution < 1.29 is 14.3 Å². The highest BCUT2D eigenvalue weighted by molar-refractivity contribution is 6.31. The van der Waals surface area contributed by atoms with E-state index in [1.807, 2.05) is 61.5 Å². The summed E-state index contributed by atoms with van der Waals surface area (Å²) in [6, 6.07) is 17.3. The molecule has 168 valence electrons. The maximum atomic E-state index is 13.0. The average molecular weight is 454 g/mol. The zero-order valence-corrected chi connectivity index (χ0v) is 19.4. The molecule has 1 unspecified atom stereocenters. The number of ether oxygens (including phenoxy) is 1. The Bertz CT molecular complexity index is 1080. The molecule has 0 saturated carbocycles. The van der Waals surface area contributed by atoms with E-state index in [1.165, 1.54) is 0 Å².